The first-order valence-electron chi connectivity index (χ1n) is 7.80. The van der Waals surface area contributed by atoms with Crippen molar-refractivity contribution in [2.75, 3.05) is 6.61 Å². The van der Waals surface area contributed by atoms with Gasteiger partial charge in [-0.1, -0.05) is 0 Å². The van der Waals surface area contributed by atoms with E-state index in [1.54, 1.807) is 27.7 Å². The van der Waals surface area contributed by atoms with Gasteiger partial charge in [-0.05, 0) is 54.0 Å². The molecular formula is C17H26N2O5. The maximum atomic E-state index is 12.2. The highest BCUT2D eigenvalue weighted by atomic mass is 16.5. The smallest absolute Gasteiger partial charge is 0.355 e. The van der Waals surface area contributed by atoms with Crippen molar-refractivity contribution in [3.05, 3.63) is 22.5 Å². The lowest BCUT2D eigenvalue weighted by Crippen LogP contribution is -2.42. The molecular weight excluding hydrogens is 312 g/mol. The first kappa shape index (κ1) is 19.7. The van der Waals surface area contributed by atoms with Crippen LogP contribution in [0.5, 0.6) is 0 Å². The topological polar surface area (TPSA) is 97.5 Å². The molecule has 7 heteroatoms. The van der Waals surface area contributed by atoms with Crippen LogP contribution in [0.4, 0.5) is 0 Å². The van der Waals surface area contributed by atoms with Crippen molar-refractivity contribution in [1.82, 2.24) is 10.3 Å². The third-order valence-corrected chi connectivity index (χ3v) is 3.04. The van der Waals surface area contributed by atoms with E-state index < -0.39 is 23.4 Å². The lowest BCUT2D eigenvalue weighted by Gasteiger charge is -2.20. The van der Waals surface area contributed by atoms with Gasteiger partial charge >= 0.3 is 11.9 Å². The Labute approximate surface area is 142 Å². The minimum Gasteiger partial charge on any atom is -0.459 e. The van der Waals surface area contributed by atoms with Crippen LogP contribution in [0.1, 0.15) is 66.7 Å². The van der Waals surface area contributed by atoms with E-state index in [-0.39, 0.29) is 18.4 Å². The Morgan fingerprint density at radius 1 is 1.12 bits per heavy atom. The molecule has 1 heterocycles. The molecule has 0 atom stereocenters. The van der Waals surface area contributed by atoms with E-state index in [4.69, 9.17) is 9.47 Å². The molecule has 1 rings (SSSR count). The molecule has 0 bridgehead atoms. The number of hydrogen-bond donors (Lipinski definition) is 2. The summed E-state index contributed by atoms with van der Waals surface area (Å²) in [6, 6.07) is 0. The second-order valence-corrected chi connectivity index (χ2v) is 6.95. The van der Waals surface area contributed by atoms with Crippen LogP contribution in [0, 0.1) is 13.8 Å². The van der Waals surface area contributed by atoms with Crippen molar-refractivity contribution in [3.63, 3.8) is 0 Å². The summed E-state index contributed by atoms with van der Waals surface area (Å²) in [7, 11) is 0. The van der Waals surface area contributed by atoms with Gasteiger partial charge in [-0.2, -0.15) is 0 Å². The second-order valence-electron chi connectivity index (χ2n) is 6.95. The highest BCUT2D eigenvalue weighted by Crippen LogP contribution is 2.20. The quantitative estimate of drug-likeness (QED) is 0.803. The normalized spacial score (nSPS) is 11.3. The number of H-pyrrole nitrogens is 1. The van der Waals surface area contributed by atoms with Crippen molar-refractivity contribution >= 4 is 17.8 Å². The molecule has 0 radical (unpaired) electrons. The van der Waals surface area contributed by atoms with Gasteiger partial charge in [0.1, 0.15) is 5.69 Å². The SMILES string of the molecule is Cc1[nH]c(C(=O)OCC(=O)NC(C)(C)C)c(C)c1C(=O)OC(C)C. The van der Waals surface area contributed by atoms with Crippen LogP contribution in [0.2, 0.25) is 0 Å². The number of aromatic amines is 1. The van der Waals surface area contributed by atoms with Crippen LogP contribution >= 0.6 is 0 Å². The maximum Gasteiger partial charge on any atom is 0.355 e. The second kappa shape index (κ2) is 7.51. The van der Waals surface area contributed by atoms with Gasteiger partial charge in [-0.25, -0.2) is 9.59 Å². The third-order valence-electron chi connectivity index (χ3n) is 3.04. The zero-order chi connectivity index (χ0) is 18.7. The van der Waals surface area contributed by atoms with Crippen molar-refractivity contribution in [1.29, 1.82) is 0 Å². The Kier molecular flexibility index (Phi) is 6.17. The van der Waals surface area contributed by atoms with Gasteiger partial charge in [0.25, 0.3) is 5.91 Å². The number of ether oxygens (including phenoxy) is 2. The van der Waals surface area contributed by atoms with Gasteiger partial charge in [0.15, 0.2) is 6.61 Å². The van der Waals surface area contributed by atoms with Crippen LogP contribution < -0.4 is 5.32 Å². The Morgan fingerprint density at radius 2 is 1.71 bits per heavy atom. The average molecular weight is 338 g/mol. The van der Waals surface area contributed by atoms with E-state index in [0.29, 0.717) is 16.8 Å². The van der Waals surface area contributed by atoms with Gasteiger partial charge < -0.3 is 19.8 Å². The molecule has 0 saturated carbocycles. The molecule has 7 nitrogen and oxygen atoms in total. The molecule has 0 aliphatic heterocycles. The highest BCUT2D eigenvalue weighted by Gasteiger charge is 2.25. The Bertz CT molecular complexity index is 638. The largest absolute Gasteiger partial charge is 0.459 e. The van der Waals surface area contributed by atoms with Crippen LogP contribution in [0.25, 0.3) is 0 Å². The van der Waals surface area contributed by atoms with Crippen molar-refractivity contribution in [2.45, 2.75) is 60.1 Å². The fraction of sp³-hybridized carbons (Fsp3) is 0.588. The number of esters is 2. The van der Waals surface area contributed by atoms with Crippen LogP contribution in [0.3, 0.4) is 0 Å². The zero-order valence-corrected chi connectivity index (χ0v) is 15.3. The summed E-state index contributed by atoms with van der Waals surface area (Å²) < 4.78 is 10.2. The van der Waals surface area contributed by atoms with E-state index in [0.717, 1.165) is 0 Å². The van der Waals surface area contributed by atoms with Crippen molar-refractivity contribution in [3.8, 4) is 0 Å². The van der Waals surface area contributed by atoms with Gasteiger partial charge in [0, 0.05) is 11.2 Å². The number of aromatic nitrogens is 1. The number of carbonyl (C=O) groups is 3. The summed E-state index contributed by atoms with van der Waals surface area (Å²) >= 11 is 0. The first-order chi connectivity index (χ1) is 10.9. The molecule has 2 N–H and O–H groups in total. The zero-order valence-electron chi connectivity index (χ0n) is 15.3. The molecule has 0 saturated heterocycles. The predicted molar refractivity (Wildman–Crippen MR) is 89.0 cm³/mol. The molecule has 1 aromatic heterocycles. The standard InChI is InChI=1S/C17H26N2O5/c1-9(2)24-15(21)13-10(3)14(18-11(13)4)16(22)23-8-12(20)19-17(5,6)7/h9,18H,8H2,1-7H3,(H,19,20). The van der Waals surface area contributed by atoms with Gasteiger partial charge in [-0.3, -0.25) is 4.79 Å². The van der Waals surface area contributed by atoms with Gasteiger partial charge in [0.2, 0.25) is 0 Å². The number of nitrogens with one attached hydrogen (secondary N) is 2. The monoisotopic (exact) mass is 338 g/mol. The third kappa shape index (κ3) is 5.40. The molecule has 134 valence electrons. The molecule has 1 amide bonds. The lowest BCUT2D eigenvalue weighted by molar-refractivity contribution is -0.125. The molecule has 1 aromatic rings. The van der Waals surface area contributed by atoms with Crippen LogP contribution in [-0.2, 0) is 14.3 Å². The Balaban J connectivity index is 2.82. The number of amides is 1. The van der Waals surface area contributed by atoms with E-state index in [1.807, 2.05) is 20.8 Å². The molecule has 0 aliphatic rings. The van der Waals surface area contributed by atoms with E-state index in [2.05, 4.69) is 10.3 Å². The summed E-state index contributed by atoms with van der Waals surface area (Å²) in [5.74, 6) is -1.58. The molecule has 0 spiro atoms. The van der Waals surface area contributed by atoms with Crippen LogP contribution in [-0.4, -0.2) is 41.1 Å². The average Bonchev–Trinajstić information content (AvgIpc) is 2.68. The molecule has 24 heavy (non-hydrogen) atoms. The fourth-order valence-electron chi connectivity index (χ4n) is 2.19. The molecule has 0 fully saturated rings. The highest BCUT2D eigenvalue weighted by molar-refractivity contribution is 5.99. The minimum atomic E-state index is -0.691. The minimum absolute atomic E-state index is 0.145. The molecule has 0 aliphatic carbocycles. The van der Waals surface area contributed by atoms with E-state index in [1.165, 1.54) is 0 Å². The molecule has 0 aromatic carbocycles. The number of hydrogen-bond acceptors (Lipinski definition) is 5. The first-order valence-corrected chi connectivity index (χ1v) is 7.80. The fourth-order valence-corrected chi connectivity index (χ4v) is 2.19. The number of carbonyl (C=O) groups excluding carboxylic acids is 3. The molecule has 0 unspecified atom stereocenters. The van der Waals surface area contributed by atoms with Crippen molar-refractivity contribution < 1.29 is 23.9 Å². The number of aryl methyl sites for hydroxylation is 1. The van der Waals surface area contributed by atoms with Gasteiger partial charge in [-0.15, -0.1) is 0 Å². The summed E-state index contributed by atoms with van der Waals surface area (Å²) in [4.78, 5) is 38.8. The van der Waals surface area contributed by atoms with Crippen molar-refractivity contribution in [2.24, 2.45) is 0 Å². The summed E-state index contributed by atoms with van der Waals surface area (Å²) in [6.07, 6.45) is -0.261. The summed E-state index contributed by atoms with van der Waals surface area (Å²) in [5, 5.41) is 2.70. The van der Waals surface area contributed by atoms with E-state index in [9.17, 15) is 14.4 Å². The number of rotatable bonds is 5. The van der Waals surface area contributed by atoms with E-state index >= 15 is 0 Å². The Hall–Kier alpha value is -2.31. The summed E-state index contributed by atoms with van der Waals surface area (Å²) in [5.41, 5.74) is 1.01. The lowest BCUT2D eigenvalue weighted by atomic mass is 10.1. The maximum absolute atomic E-state index is 12.2. The Morgan fingerprint density at radius 3 is 2.21 bits per heavy atom. The van der Waals surface area contributed by atoms with Crippen LogP contribution in [0.15, 0.2) is 0 Å². The predicted octanol–water partition coefficient (Wildman–Crippen LogP) is 2.27. The summed E-state index contributed by atoms with van der Waals surface area (Å²) in [6.45, 7) is 11.9. The van der Waals surface area contributed by atoms with Gasteiger partial charge in [0.05, 0.1) is 11.7 Å².